The summed E-state index contributed by atoms with van der Waals surface area (Å²) in [6.07, 6.45) is 1.51. The van der Waals surface area contributed by atoms with Crippen molar-refractivity contribution in [1.29, 1.82) is 0 Å². The van der Waals surface area contributed by atoms with E-state index in [1.165, 1.54) is 21.7 Å². The van der Waals surface area contributed by atoms with Crippen LogP contribution in [0.3, 0.4) is 0 Å². The van der Waals surface area contributed by atoms with Crippen LogP contribution in [0.5, 0.6) is 0 Å². The van der Waals surface area contributed by atoms with Crippen molar-refractivity contribution in [2.24, 2.45) is 5.73 Å². The molecule has 5 amide bonds. The van der Waals surface area contributed by atoms with E-state index in [4.69, 9.17) is 17.3 Å². The van der Waals surface area contributed by atoms with Gasteiger partial charge in [-0.15, -0.1) is 0 Å². The van der Waals surface area contributed by atoms with Gasteiger partial charge in [-0.3, -0.25) is 19.1 Å². The Hall–Kier alpha value is -4.23. The molecule has 1 saturated heterocycles. The number of urea groups is 1. The number of hydrogen-bond donors (Lipinski definition) is 4. The molecular formula is C27H30ClFN8O4. The number of hydrogen-bond acceptors (Lipinski definition) is 6. The molecule has 12 nitrogen and oxygen atoms in total. The zero-order chi connectivity index (χ0) is 29.1. The van der Waals surface area contributed by atoms with Crippen LogP contribution in [0.1, 0.15) is 28.9 Å². The van der Waals surface area contributed by atoms with Gasteiger partial charge in [0.1, 0.15) is 12.4 Å². The molecule has 2 aromatic carbocycles. The quantitative estimate of drug-likeness (QED) is 0.300. The second kappa shape index (κ2) is 12.1. The third kappa shape index (κ3) is 6.57. The van der Waals surface area contributed by atoms with Crippen LogP contribution in [0.2, 0.25) is 5.02 Å². The van der Waals surface area contributed by atoms with Gasteiger partial charge in [-0.1, -0.05) is 23.7 Å². The molecule has 0 spiro atoms. The summed E-state index contributed by atoms with van der Waals surface area (Å²) in [5.74, 6) is -2.20. The van der Waals surface area contributed by atoms with Crippen LogP contribution >= 0.6 is 11.6 Å². The van der Waals surface area contributed by atoms with E-state index in [9.17, 15) is 23.6 Å². The maximum Gasteiger partial charge on any atom is 0.321 e. The van der Waals surface area contributed by atoms with Crippen LogP contribution in [0, 0.1) is 5.82 Å². The number of primary amides is 1. The van der Waals surface area contributed by atoms with Gasteiger partial charge >= 0.3 is 6.03 Å². The highest BCUT2D eigenvalue weighted by Crippen LogP contribution is 2.28. The summed E-state index contributed by atoms with van der Waals surface area (Å²) in [7, 11) is 0. The molecule has 1 aromatic heterocycles. The van der Waals surface area contributed by atoms with Crippen molar-refractivity contribution in [3.05, 3.63) is 58.5 Å². The average Bonchev–Trinajstić information content (AvgIpc) is 3.74. The smallest absolute Gasteiger partial charge is 0.321 e. The Morgan fingerprint density at radius 3 is 2.61 bits per heavy atom. The molecular weight excluding hydrogens is 555 g/mol. The first kappa shape index (κ1) is 28.3. The number of carbonyl (C=O) groups excluding carboxylic acids is 4. The van der Waals surface area contributed by atoms with E-state index in [0.29, 0.717) is 42.8 Å². The Labute approximate surface area is 239 Å². The van der Waals surface area contributed by atoms with Gasteiger partial charge in [0.25, 0.3) is 5.91 Å². The van der Waals surface area contributed by atoms with Crippen molar-refractivity contribution in [3.63, 3.8) is 0 Å². The van der Waals surface area contributed by atoms with Gasteiger partial charge in [0.15, 0.2) is 5.69 Å². The molecule has 2 aliphatic rings. The second-order valence-corrected chi connectivity index (χ2v) is 10.4. The van der Waals surface area contributed by atoms with Crippen LogP contribution in [0.15, 0.2) is 36.4 Å². The van der Waals surface area contributed by atoms with E-state index in [2.05, 4.69) is 21.0 Å². The third-order valence-corrected chi connectivity index (χ3v) is 7.35. The minimum atomic E-state index is -0.779. The monoisotopic (exact) mass is 584 g/mol. The van der Waals surface area contributed by atoms with E-state index in [-0.39, 0.29) is 53.9 Å². The Kier molecular flexibility index (Phi) is 8.36. The number of carbonyl (C=O) groups is 4. The van der Waals surface area contributed by atoms with Crippen molar-refractivity contribution in [3.8, 4) is 0 Å². The molecule has 3 aromatic rings. The van der Waals surface area contributed by atoms with E-state index in [1.54, 1.807) is 29.2 Å². The number of nitrogens with zero attached hydrogens (tertiary/aromatic N) is 4. The first-order valence-corrected chi connectivity index (χ1v) is 13.6. The number of nitrogens with one attached hydrogen (secondary N) is 3. The lowest BCUT2D eigenvalue weighted by atomic mass is 10.2. The number of benzene rings is 2. The first-order chi connectivity index (χ1) is 19.7. The third-order valence-electron chi connectivity index (χ3n) is 7.05. The molecule has 41 heavy (non-hydrogen) atoms. The number of nitrogens with two attached hydrogens (primary N) is 1. The number of anilines is 1. The van der Waals surface area contributed by atoms with E-state index < -0.39 is 17.6 Å². The zero-order valence-electron chi connectivity index (χ0n) is 22.2. The largest absolute Gasteiger partial charge is 0.364 e. The number of halogens is 2. The summed E-state index contributed by atoms with van der Waals surface area (Å²) in [5.41, 5.74) is 6.71. The molecule has 2 heterocycles. The minimum absolute atomic E-state index is 0.0367. The molecule has 1 saturated carbocycles. The Morgan fingerprint density at radius 2 is 1.90 bits per heavy atom. The highest BCUT2D eigenvalue weighted by Gasteiger charge is 2.34. The number of piperazine rings is 1. The molecule has 0 atom stereocenters. The number of rotatable bonds is 9. The van der Waals surface area contributed by atoms with Crippen LogP contribution in [0.25, 0.3) is 10.9 Å². The fraction of sp³-hybridized carbons (Fsp3) is 0.370. The second-order valence-electron chi connectivity index (χ2n) is 10.0. The zero-order valence-corrected chi connectivity index (χ0v) is 22.9. The SMILES string of the molecule is NC(=O)c1nn(CC(=O)N(CC(=O)NCc2cccc(Cl)c2F)C2CC2)c2ccc(NC(=O)N3CCNCC3)cc12. The molecule has 14 heteroatoms. The lowest BCUT2D eigenvalue weighted by Gasteiger charge is -2.27. The normalized spacial score (nSPS) is 15.0. The highest BCUT2D eigenvalue weighted by atomic mass is 35.5. The molecule has 0 unspecified atom stereocenters. The van der Waals surface area contributed by atoms with Gasteiger partial charge in [-0.05, 0) is 37.1 Å². The van der Waals surface area contributed by atoms with Gasteiger partial charge in [-0.2, -0.15) is 5.10 Å². The van der Waals surface area contributed by atoms with Gasteiger partial charge in [0, 0.05) is 55.4 Å². The van der Waals surface area contributed by atoms with Crippen LogP contribution < -0.4 is 21.7 Å². The molecule has 0 radical (unpaired) electrons. The average molecular weight is 585 g/mol. The van der Waals surface area contributed by atoms with Crippen molar-refractivity contribution in [2.45, 2.75) is 32.0 Å². The van der Waals surface area contributed by atoms with Crippen molar-refractivity contribution in [1.82, 2.24) is 30.2 Å². The predicted molar refractivity (Wildman–Crippen MR) is 150 cm³/mol. The van der Waals surface area contributed by atoms with Gasteiger partial charge in [0.2, 0.25) is 11.8 Å². The topological polar surface area (TPSA) is 155 Å². The standard InChI is InChI=1S/C27H30ClFN8O4/c28-20-3-1-2-16(24(20)29)13-32-22(38)14-36(18-5-6-18)23(39)15-37-21-7-4-17(12-19(21)25(34-37)26(30)40)33-27(41)35-10-8-31-9-11-35/h1-4,7,12,18,31H,5-6,8-11,13-15H2,(H2,30,40)(H,32,38)(H,33,41). The maximum atomic E-state index is 14.2. The van der Waals surface area contributed by atoms with Crippen molar-refractivity contribution < 1.29 is 23.6 Å². The minimum Gasteiger partial charge on any atom is -0.364 e. The lowest BCUT2D eigenvalue weighted by Crippen LogP contribution is -2.48. The molecule has 216 valence electrons. The van der Waals surface area contributed by atoms with Crippen LogP contribution in [-0.4, -0.2) is 82.1 Å². The molecule has 1 aliphatic heterocycles. The van der Waals surface area contributed by atoms with Crippen LogP contribution in [-0.2, 0) is 22.7 Å². The highest BCUT2D eigenvalue weighted by molar-refractivity contribution is 6.30. The van der Waals surface area contributed by atoms with Gasteiger partial charge in [0.05, 0.1) is 17.1 Å². The number of aromatic nitrogens is 2. The molecule has 5 rings (SSSR count). The van der Waals surface area contributed by atoms with Gasteiger partial charge < -0.3 is 31.5 Å². The molecule has 0 bridgehead atoms. The summed E-state index contributed by atoms with van der Waals surface area (Å²) >= 11 is 5.81. The van der Waals surface area contributed by atoms with Crippen molar-refractivity contribution >= 4 is 51.9 Å². The van der Waals surface area contributed by atoms with E-state index in [0.717, 1.165) is 12.8 Å². The first-order valence-electron chi connectivity index (χ1n) is 13.3. The number of fused-ring (bicyclic) bond motifs is 1. The number of amides is 5. The molecule has 2 fully saturated rings. The Balaban J connectivity index is 1.28. The van der Waals surface area contributed by atoms with Gasteiger partial charge in [-0.25, -0.2) is 9.18 Å². The fourth-order valence-electron chi connectivity index (χ4n) is 4.75. The summed E-state index contributed by atoms with van der Waals surface area (Å²) in [4.78, 5) is 54.0. The molecule has 5 N–H and O–H groups in total. The summed E-state index contributed by atoms with van der Waals surface area (Å²) in [6, 6.07) is 9.09. The summed E-state index contributed by atoms with van der Waals surface area (Å²) in [5, 5.41) is 13.3. The lowest BCUT2D eigenvalue weighted by molar-refractivity contribution is -0.137. The maximum absolute atomic E-state index is 14.2. The van der Waals surface area contributed by atoms with Crippen molar-refractivity contribution in [2.75, 3.05) is 38.0 Å². The van der Waals surface area contributed by atoms with E-state index in [1.807, 2.05) is 0 Å². The predicted octanol–water partition coefficient (Wildman–Crippen LogP) is 1.67. The summed E-state index contributed by atoms with van der Waals surface area (Å²) < 4.78 is 15.5. The summed E-state index contributed by atoms with van der Waals surface area (Å²) in [6.45, 7) is 2.05. The molecule has 1 aliphatic carbocycles. The van der Waals surface area contributed by atoms with Crippen LogP contribution in [0.4, 0.5) is 14.9 Å². The van der Waals surface area contributed by atoms with E-state index >= 15 is 0 Å². The fourth-order valence-corrected chi connectivity index (χ4v) is 4.94. The Morgan fingerprint density at radius 1 is 1.15 bits per heavy atom. The Bertz CT molecular complexity index is 1500.